The Balaban J connectivity index is 1.50. The summed E-state index contributed by atoms with van der Waals surface area (Å²) >= 11 is 0. The third-order valence-electron chi connectivity index (χ3n) is 7.66. The van der Waals surface area contributed by atoms with Gasteiger partial charge in [-0.05, 0) is 56.2 Å². The summed E-state index contributed by atoms with van der Waals surface area (Å²) in [4.78, 5) is 28.4. The summed E-state index contributed by atoms with van der Waals surface area (Å²) in [6.07, 6.45) is 4.82. The number of aryl methyl sites for hydroxylation is 2. The smallest absolute Gasteiger partial charge is 0.434 e. The van der Waals surface area contributed by atoms with Crippen LogP contribution in [0.4, 0.5) is 15.0 Å². The van der Waals surface area contributed by atoms with Crippen LogP contribution in [0.1, 0.15) is 42.1 Å². The van der Waals surface area contributed by atoms with Crippen molar-refractivity contribution in [2.24, 2.45) is 5.92 Å². The lowest BCUT2D eigenvalue weighted by Crippen LogP contribution is -2.41. The van der Waals surface area contributed by atoms with E-state index in [1.54, 1.807) is 19.3 Å². The number of carbonyl (C=O) groups is 1. The molecule has 1 saturated heterocycles. The number of nitrogens with zero attached hydrogens (tertiary/aromatic N) is 5. The van der Waals surface area contributed by atoms with Crippen molar-refractivity contribution in [1.82, 2.24) is 25.1 Å². The normalized spacial score (nSPS) is 23.5. The van der Waals surface area contributed by atoms with E-state index in [1.807, 2.05) is 17.9 Å². The van der Waals surface area contributed by atoms with E-state index in [1.165, 1.54) is 0 Å². The second-order valence-corrected chi connectivity index (χ2v) is 10.1. The summed E-state index contributed by atoms with van der Waals surface area (Å²) in [5.74, 6) is 0.857. The first-order valence-corrected chi connectivity index (χ1v) is 12.4. The Morgan fingerprint density at radius 1 is 1.19 bits per heavy atom. The minimum Gasteiger partial charge on any atom is -0.434 e. The van der Waals surface area contributed by atoms with Gasteiger partial charge in [-0.2, -0.15) is 5.10 Å². The van der Waals surface area contributed by atoms with Gasteiger partial charge in [0.15, 0.2) is 5.82 Å². The largest absolute Gasteiger partial charge is 0.508 e. The van der Waals surface area contributed by atoms with Crippen LogP contribution in [-0.4, -0.2) is 57.1 Å². The lowest BCUT2D eigenvalue weighted by Gasteiger charge is -2.33. The molecule has 1 saturated carbocycles. The van der Waals surface area contributed by atoms with Gasteiger partial charge in [0.1, 0.15) is 29.0 Å². The minimum atomic E-state index is -0.637. The minimum absolute atomic E-state index is 0.116. The number of ether oxygens (including phenoxy) is 2. The summed E-state index contributed by atoms with van der Waals surface area (Å²) in [5, 5.41) is 8.58. The van der Waals surface area contributed by atoms with E-state index >= 15 is 4.39 Å². The van der Waals surface area contributed by atoms with E-state index in [9.17, 15) is 4.79 Å². The van der Waals surface area contributed by atoms with Crippen molar-refractivity contribution >= 4 is 33.8 Å². The zero-order chi connectivity index (χ0) is 24.6. The molecule has 6 bridgehead atoms. The highest BCUT2D eigenvalue weighted by atomic mass is 19.1. The van der Waals surface area contributed by atoms with Crippen LogP contribution < -0.4 is 4.90 Å². The number of benzene rings is 1. The number of H-pyrrole nitrogens is 1. The number of rotatable bonds is 0. The summed E-state index contributed by atoms with van der Waals surface area (Å²) in [6.45, 7) is 5.20. The van der Waals surface area contributed by atoms with Crippen LogP contribution in [0.15, 0.2) is 18.5 Å². The number of aromatic amines is 1. The molecular weight excluding hydrogens is 463 g/mol. The summed E-state index contributed by atoms with van der Waals surface area (Å²) in [7, 11) is 0. The fourth-order valence-electron chi connectivity index (χ4n) is 5.90. The van der Waals surface area contributed by atoms with Gasteiger partial charge in [0.05, 0.1) is 30.3 Å². The molecule has 184 valence electrons. The molecular formula is C26H25FN6O3. The second kappa shape index (κ2) is 7.84. The van der Waals surface area contributed by atoms with Crippen molar-refractivity contribution in [2.75, 3.05) is 24.6 Å². The molecule has 3 aromatic heterocycles. The van der Waals surface area contributed by atoms with Crippen molar-refractivity contribution < 1.29 is 18.7 Å². The van der Waals surface area contributed by atoms with Crippen LogP contribution in [0, 0.1) is 25.6 Å². The van der Waals surface area contributed by atoms with Gasteiger partial charge in [-0.1, -0.05) is 0 Å². The van der Waals surface area contributed by atoms with E-state index in [0.717, 1.165) is 46.9 Å². The molecule has 3 atom stereocenters. The number of halogens is 1. The maximum absolute atomic E-state index is 16.4. The van der Waals surface area contributed by atoms with Gasteiger partial charge in [0.25, 0.3) is 0 Å². The standard InChI is InChI=1S/C26H25FN6O3/c1-12-6-19-17(9-29-32-19)21-20(12)16-7-14(16)11-35-26(34)36-15-4-3-5-33(10-15)25-18-8-28-24(21)22(27)23(18)30-13(2)31-25/h6,8-9,14-16H,3-5,7,10-11H2,1-2H3,(H,29,32)/t14-,15+,16-/m0/s1. The number of nitrogens with one attached hydrogen (secondary N) is 1. The number of fused-ring (bicyclic) bond motifs is 5. The number of pyridine rings is 1. The molecule has 6 heterocycles. The van der Waals surface area contributed by atoms with Crippen molar-refractivity contribution in [3.05, 3.63) is 41.2 Å². The summed E-state index contributed by atoms with van der Waals surface area (Å²) < 4.78 is 27.6. The molecule has 0 spiro atoms. The molecule has 0 amide bonds. The zero-order valence-corrected chi connectivity index (χ0v) is 20.0. The maximum Gasteiger partial charge on any atom is 0.508 e. The third kappa shape index (κ3) is 3.30. The van der Waals surface area contributed by atoms with E-state index in [2.05, 4.69) is 25.1 Å². The van der Waals surface area contributed by atoms with Gasteiger partial charge >= 0.3 is 6.16 Å². The highest BCUT2D eigenvalue weighted by Gasteiger charge is 2.43. The van der Waals surface area contributed by atoms with Gasteiger partial charge in [-0.25, -0.2) is 19.2 Å². The van der Waals surface area contributed by atoms with Crippen molar-refractivity contribution in [2.45, 2.75) is 45.1 Å². The molecule has 3 aliphatic heterocycles. The fourth-order valence-corrected chi connectivity index (χ4v) is 5.90. The third-order valence-corrected chi connectivity index (χ3v) is 7.66. The average Bonchev–Trinajstić information content (AvgIpc) is 3.47. The topological polar surface area (TPSA) is 106 Å². The van der Waals surface area contributed by atoms with E-state index in [-0.39, 0.29) is 35.8 Å². The van der Waals surface area contributed by atoms with Crippen LogP contribution in [0.5, 0.6) is 0 Å². The van der Waals surface area contributed by atoms with Gasteiger partial charge < -0.3 is 14.4 Å². The molecule has 2 fully saturated rings. The lowest BCUT2D eigenvalue weighted by molar-refractivity contribution is 0.0165. The van der Waals surface area contributed by atoms with E-state index < -0.39 is 12.0 Å². The average molecular weight is 489 g/mol. The molecule has 0 radical (unpaired) electrons. The Morgan fingerprint density at radius 3 is 2.97 bits per heavy atom. The molecule has 4 aliphatic rings. The molecule has 1 aromatic carbocycles. The first kappa shape index (κ1) is 21.5. The summed E-state index contributed by atoms with van der Waals surface area (Å²) in [5.41, 5.74) is 4.06. The monoisotopic (exact) mass is 488 g/mol. The Bertz CT molecular complexity index is 1550. The van der Waals surface area contributed by atoms with Crippen LogP contribution in [-0.2, 0) is 9.47 Å². The zero-order valence-electron chi connectivity index (χ0n) is 20.0. The van der Waals surface area contributed by atoms with Gasteiger partial charge in [0, 0.05) is 29.6 Å². The van der Waals surface area contributed by atoms with E-state index in [0.29, 0.717) is 30.1 Å². The second-order valence-electron chi connectivity index (χ2n) is 10.1. The molecule has 36 heavy (non-hydrogen) atoms. The quantitative estimate of drug-likeness (QED) is 0.359. The van der Waals surface area contributed by atoms with E-state index in [4.69, 9.17) is 9.47 Å². The molecule has 10 heteroatoms. The Hall–Kier alpha value is -3.82. The van der Waals surface area contributed by atoms with Crippen molar-refractivity contribution in [1.29, 1.82) is 0 Å². The maximum atomic E-state index is 16.4. The van der Waals surface area contributed by atoms with Gasteiger partial charge in [-0.3, -0.25) is 10.1 Å². The number of anilines is 1. The molecule has 9 nitrogen and oxygen atoms in total. The molecule has 8 rings (SSSR count). The highest BCUT2D eigenvalue weighted by Crippen LogP contribution is 2.53. The fraction of sp³-hybridized carbons (Fsp3) is 0.423. The number of hydrogen-bond acceptors (Lipinski definition) is 8. The molecule has 1 N–H and O–H groups in total. The number of piperidine rings is 1. The Morgan fingerprint density at radius 2 is 2.08 bits per heavy atom. The first-order valence-electron chi connectivity index (χ1n) is 12.4. The summed E-state index contributed by atoms with van der Waals surface area (Å²) in [6, 6.07) is 2.03. The molecule has 1 aliphatic carbocycles. The predicted molar refractivity (Wildman–Crippen MR) is 130 cm³/mol. The Labute approximate surface area is 206 Å². The number of hydrogen-bond donors (Lipinski definition) is 1. The SMILES string of the molecule is Cc1nc2c3cnc(c(F)c3n1)-c1c(c(C)cc3[nH]ncc13)[C@H]1C[C@H]1COC(=O)O[C@@H]1CCCN2C1. The van der Waals surface area contributed by atoms with Crippen LogP contribution in [0.25, 0.3) is 33.1 Å². The van der Waals surface area contributed by atoms with Crippen molar-refractivity contribution in [3.63, 3.8) is 0 Å². The van der Waals surface area contributed by atoms with Gasteiger partial charge in [-0.15, -0.1) is 0 Å². The number of aromatic nitrogens is 5. The highest BCUT2D eigenvalue weighted by molar-refractivity contribution is 5.99. The van der Waals surface area contributed by atoms with Crippen LogP contribution in [0.3, 0.4) is 0 Å². The molecule has 0 unspecified atom stereocenters. The van der Waals surface area contributed by atoms with Crippen LogP contribution >= 0.6 is 0 Å². The first-order chi connectivity index (χ1) is 17.5. The molecule has 4 aromatic rings. The van der Waals surface area contributed by atoms with Crippen LogP contribution in [0.2, 0.25) is 0 Å². The van der Waals surface area contributed by atoms with Gasteiger partial charge in [0.2, 0.25) is 0 Å². The van der Waals surface area contributed by atoms with Crippen molar-refractivity contribution in [3.8, 4) is 11.3 Å². The Kier molecular flexibility index (Phi) is 4.67. The number of carbonyl (C=O) groups excluding carboxylic acids is 1. The lowest BCUT2D eigenvalue weighted by atomic mass is 9.91. The predicted octanol–water partition coefficient (Wildman–Crippen LogP) is 4.56.